The lowest BCUT2D eigenvalue weighted by molar-refractivity contribution is 0.0211. The van der Waals surface area contributed by atoms with Crippen LogP contribution in [0.2, 0.25) is 0 Å². The van der Waals surface area contributed by atoms with Crippen molar-refractivity contribution in [2.45, 2.75) is 31.8 Å². The van der Waals surface area contributed by atoms with Gasteiger partial charge in [0, 0.05) is 25.5 Å². The summed E-state index contributed by atoms with van der Waals surface area (Å²) < 4.78 is 5.72. The highest BCUT2D eigenvalue weighted by Gasteiger charge is 2.28. The maximum Gasteiger partial charge on any atom is 0.0779 e. The van der Waals surface area contributed by atoms with Crippen molar-refractivity contribution in [2.75, 3.05) is 19.7 Å². The van der Waals surface area contributed by atoms with Gasteiger partial charge < -0.3 is 10.1 Å². The van der Waals surface area contributed by atoms with E-state index in [2.05, 4.69) is 29.4 Å². The fraction of sp³-hybridized carbons (Fsp3) is 0.615. The smallest absolute Gasteiger partial charge is 0.0779 e. The number of pyridine rings is 1. The second-order valence-electron chi connectivity index (χ2n) is 4.68. The molecule has 0 bridgehead atoms. The molecule has 0 aliphatic carbocycles. The summed E-state index contributed by atoms with van der Waals surface area (Å²) >= 11 is 0. The van der Waals surface area contributed by atoms with Crippen LogP contribution in [0.4, 0.5) is 0 Å². The van der Waals surface area contributed by atoms with Crippen LogP contribution in [0.3, 0.4) is 0 Å². The van der Waals surface area contributed by atoms with E-state index in [0.717, 1.165) is 26.1 Å². The summed E-state index contributed by atoms with van der Waals surface area (Å²) in [6.07, 6.45) is 7.11. The lowest BCUT2D eigenvalue weighted by atomic mass is 10.0. The highest BCUT2D eigenvalue weighted by atomic mass is 16.5. The minimum absolute atomic E-state index is 0.0677. The molecule has 0 aromatic carbocycles. The predicted molar refractivity (Wildman–Crippen MR) is 64.4 cm³/mol. The van der Waals surface area contributed by atoms with Crippen LogP contribution in [0.25, 0.3) is 0 Å². The molecule has 1 aliphatic rings. The first-order chi connectivity index (χ1) is 7.79. The van der Waals surface area contributed by atoms with Crippen LogP contribution in [-0.2, 0) is 11.2 Å². The Kier molecular flexibility index (Phi) is 3.91. The topological polar surface area (TPSA) is 34.2 Å². The van der Waals surface area contributed by atoms with E-state index in [9.17, 15) is 0 Å². The molecule has 1 atom stereocenters. The Bertz CT molecular complexity index is 307. The number of nitrogens with one attached hydrogen (secondary N) is 1. The van der Waals surface area contributed by atoms with E-state index in [-0.39, 0.29) is 5.60 Å². The van der Waals surface area contributed by atoms with Crippen molar-refractivity contribution < 1.29 is 4.74 Å². The standard InChI is InChI=1S/C13H20N2O/c1-13(6-2-10-16-13)11-15-9-5-12-3-7-14-8-4-12/h3-4,7-8,15H,2,5-6,9-11H2,1H3. The zero-order chi connectivity index (χ0) is 11.3. The number of hydrogen-bond donors (Lipinski definition) is 1. The number of hydrogen-bond acceptors (Lipinski definition) is 3. The summed E-state index contributed by atoms with van der Waals surface area (Å²) in [5, 5.41) is 3.47. The van der Waals surface area contributed by atoms with Crippen molar-refractivity contribution in [3.8, 4) is 0 Å². The predicted octanol–water partition coefficient (Wildman–Crippen LogP) is 1.78. The monoisotopic (exact) mass is 220 g/mol. The summed E-state index contributed by atoms with van der Waals surface area (Å²) in [7, 11) is 0. The third-order valence-corrected chi connectivity index (χ3v) is 3.14. The highest BCUT2D eigenvalue weighted by Crippen LogP contribution is 2.23. The Morgan fingerprint density at radius 3 is 2.94 bits per heavy atom. The van der Waals surface area contributed by atoms with Gasteiger partial charge in [-0.05, 0) is 50.4 Å². The minimum atomic E-state index is 0.0677. The summed E-state index contributed by atoms with van der Waals surface area (Å²) in [6, 6.07) is 4.13. The molecule has 1 aliphatic heterocycles. The molecule has 16 heavy (non-hydrogen) atoms. The van der Waals surface area contributed by atoms with E-state index < -0.39 is 0 Å². The first-order valence-electron chi connectivity index (χ1n) is 6.02. The number of ether oxygens (including phenoxy) is 1. The first kappa shape index (κ1) is 11.6. The molecular formula is C13H20N2O. The van der Waals surface area contributed by atoms with Crippen LogP contribution in [0.5, 0.6) is 0 Å². The summed E-state index contributed by atoms with van der Waals surface area (Å²) in [6.45, 7) is 5.07. The highest BCUT2D eigenvalue weighted by molar-refractivity contribution is 5.09. The molecule has 1 unspecified atom stereocenters. The minimum Gasteiger partial charge on any atom is -0.374 e. The van der Waals surface area contributed by atoms with Crippen molar-refractivity contribution in [2.24, 2.45) is 0 Å². The third-order valence-electron chi connectivity index (χ3n) is 3.14. The molecule has 0 spiro atoms. The largest absolute Gasteiger partial charge is 0.374 e. The van der Waals surface area contributed by atoms with Gasteiger partial charge in [0.2, 0.25) is 0 Å². The van der Waals surface area contributed by atoms with Crippen molar-refractivity contribution in [3.63, 3.8) is 0 Å². The molecule has 1 aromatic rings. The Labute approximate surface area is 97.2 Å². The van der Waals surface area contributed by atoms with Crippen molar-refractivity contribution in [1.82, 2.24) is 10.3 Å². The molecule has 3 heteroatoms. The lowest BCUT2D eigenvalue weighted by Gasteiger charge is -2.23. The van der Waals surface area contributed by atoms with Crippen LogP contribution in [0, 0.1) is 0 Å². The van der Waals surface area contributed by atoms with Crippen LogP contribution >= 0.6 is 0 Å². The summed E-state index contributed by atoms with van der Waals surface area (Å²) in [5.41, 5.74) is 1.40. The van der Waals surface area contributed by atoms with Crippen LogP contribution in [-0.4, -0.2) is 30.3 Å². The van der Waals surface area contributed by atoms with E-state index in [4.69, 9.17) is 4.74 Å². The van der Waals surface area contributed by atoms with Crippen LogP contribution in [0.1, 0.15) is 25.3 Å². The molecule has 0 amide bonds. The lowest BCUT2D eigenvalue weighted by Crippen LogP contribution is -2.37. The van der Waals surface area contributed by atoms with Gasteiger partial charge >= 0.3 is 0 Å². The molecule has 0 radical (unpaired) electrons. The molecule has 3 nitrogen and oxygen atoms in total. The summed E-state index contributed by atoms with van der Waals surface area (Å²) in [4.78, 5) is 4.01. The Balaban J connectivity index is 1.65. The Morgan fingerprint density at radius 1 is 1.44 bits per heavy atom. The quantitative estimate of drug-likeness (QED) is 0.768. The Morgan fingerprint density at radius 2 is 2.25 bits per heavy atom. The fourth-order valence-corrected chi connectivity index (χ4v) is 2.11. The van der Waals surface area contributed by atoms with Crippen molar-refractivity contribution >= 4 is 0 Å². The van der Waals surface area contributed by atoms with E-state index in [1.54, 1.807) is 0 Å². The first-order valence-corrected chi connectivity index (χ1v) is 6.02. The van der Waals surface area contributed by atoms with Gasteiger partial charge in [0.15, 0.2) is 0 Å². The summed E-state index contributed by atoms with van der Waals surface area (Å²) in [5.74, 6) is 0. The zero-order valence-electron chi connectivity index (χ0n) is 9.91. The van der Waals surface area contributed by atoms with E-state index in [1.165, 1.54) is 18.4 Å². The van der Waals surface area contributed by atoms with Crippen molar-refractivity contribution in [3.05, 3.63) is 30.1 Å². The van der Waals surface area contributed by atoms with E-state index >= 15 is 0 Å². The SMILES string of the molecule is CC1(CNCCc2ccncc2)CCCO1. The van der Waals surface area contributed by atoms with Gasteiger partial charge in [-0.25, -0.2) is 0 Å². The molecule has 88 valence electrons. The molecule has 1 fully saturated rings. The number of nitrogens with zero attached hydrogens (tertiary/aromatic N) is 1. The molecule has 1 N–H and O–H groups in total. The Hall–Kier alpha value is -0.930. The second kappa shape index (κ2) is 5.41. The van der Waals surface area contributed by atoms with Gasteiger partial charge in [-0.15, -0.1) is 0 Å². The van der Waals surface area contributed by atoms with Gasteiger partial charge in [-0.3, -0.25) is 4.98 Å². The normalized spacial score (nSPS) is 24.8. The molecule has 1 saturated heterocycles. The van der Waals surface area contributed by atoms with E-state index in [0.29, 0.717) is 0 Å². The average Bonchev–Trinajstić information content (AvgIpc) is 2.74. The van der Waals surface area contributed by atoms with Gasteiger partial charge in [0.1, 0.15) is 0 Å². The average molecular weight is 220 g/mol. The van der Waals surface area contributed by atoms with E-state index in [1.807, 2.05) is 12.4 Å². The second-order valence-corrected chi connectivity index (χ2v) is 4.68. The zero-order valence-corrected chi connectivity index (χ0v) is 9.91. The number of rotatable bonds is 5. The maximum atomic E-state index is 5.72. The molecule has 2 heterocycles. The molecule has 1 aromatic heterocycles. The van der Waals surface area contributed by atoms with Gasteiger partial charge in [0.05, 0.1) is 5.60 Å². The fourth-order valence-electron chi connectivity index (χ4n) is 2.11. The molecule has 2 rings (SSSR count). The number of aromatic nitrogens is 1. The van der Waals surface area contributed by atoms with Crippen LogP contribution < -0.4 is 5.32 Å². The van der Waals surface area contributed by atoms with Crippen LogP contribution in [0.15, 0.2) is 24.5 Å². The van der Waals surface area contributed by atoms with Crippen molar-refractivity contribution in [1.29, 1.82) is 0 Å². The maximum absolute atomic E-state index is 5.72. The molecule has 0 saturated carbocycles. The third kappa shape index (κ3) is 3.29. The van der Waals surface area contributed by atoms with Gasteiger partial charge in [0.25, 0.3) is 0 Å². The van der Waals surface area contributed by atoms with Gasteiger partial charge in [-0.1, -0.05) is 0 Å². The molecular weight excluding hydrogens is 200 g/mol. The van der Waals surface area contributed by atoms with Gasteiger partial charge in [-0.2, -0.15) is 0 Å².